The molecule has 0 spiro atoms. The van der Waals surface area contributed by atoms with Crippen molar-refractivity contribution in [3.8, 4) is 11.8 Å². The first kappa shape index (κ1) is 22.8. The van der Waals surface area contributed by atoms with Gasteiger partial charge in [-0.3, -0.25) is 9.59 Å². The van der Waals surface area contributed by atoms with Gasteiger partial charge in [-0.2, -0.15) is 9.57 Å². The molecular weight excluding hydrogens is 444 g/mol. The van der Waals surface area contributed by atoms with E-state index in [0.29, 0.717) is 41.1 Å². The average Bonchev–Trinajstić information content (AvgIpc) is 2.80. The molecule has 2 aliphatic heterocycles. The maximum absolute atomic E-state index is 13.3. The second-order valence-electron chi connectivity index (χ2n) is 8.22. The summed E-state index contributed by atoms with van der Waals surface area (Å²) in [5, 5.41) is 14.5. The van der Waals surface area contributed by atoms with Crippen molar-refractivity contribution in [3.05, 3.63) is 47.5 Å². The number of nitrogens with zero attached hydrogens (tertiary/aromatic N) is 2. The molecule has 0 aliphatic carbocycles. The van der Waals surface area contributed by atoms with E-state index in [1.807, 2.05) is 6.07 Å². The van der Waals surface area contributed by atoms with Crippen molar-refractivity contribution in [2.75, 3.05) is 23.7 Å². The fourth-order valence-electron chi connectivity index (χ4n) is 4.03. The molecule has 1 saturated heterocycles. The van der Waals surface area contributed by atoms with Crippen molar-refractivity contribution < 1.29 is 22.7 Å². The smallest absolute Gasteiger partial charge is 0.265 e. The number of sulfonamides is 1. The molecule has 10 heteroatoms. The SMILES string of the molecule is Cc1cc2c(cc1S(=O)(=O)N1CCC(C(=O)Nc3cccc(C#N)c3)CC1)OC(C)C(=O)N2. The van der Waals surface area contributed by atoms with Crippen LogP contribution in [0.1, 0.15) is 30.9 Å². The number of hydrogen-bond acceptors (Lipinski definition) is 6. The Labute approximate surface area is 192 Å². The Morgan fingerprint density at radius 1 is 1.24 bits per heavy atom. The second kappa shape index (κ2) is 8.84. The van der Waals surface area contributed by atoms with Crippen molar-refractivity contribution in [2.45, 2.75) is 37.7 Å². The normalized spacial score (nSPS) is 19.1. The third kappa shape index (κ3) is 4.55. The van der Waals surface area contributed by atoms with Gasteiger partial charge in [-0.25, -0.2) is 8.42 Å². The minimum atomic E-state index is -3.80. The highest BCUT2D eigenvalue weighted by atomic mass is 32.2. The molecule has 9 nitrogen and oxygen atoms in total. The van der Waals surface area contributed by atoms with Crippen LogP contribution in [0.4, 0.5) is 11.4 Å². The summed E-state index contributed by atoms with van der Waals surface area (Å²) in [4.78, 5) is 24.6. The van der Waals surface area contributed by atoms with Gasteiger partial charge in [-0.05, 0) is 56.5 Å². The molecule has 0 saturated carbocycles. The summed E-state index contributed by atoms with van der Waals surface area (Å²) in [5.74, 6) is -0.478. The lowest BCUT2D eigenvalue weighted by Gasteiger charge is -2.31. The molecular formula is C23H24N4O5S. The van der Waals surface area contributed by atoms with Gasteiger partial charge in [0.15, 0.2) is 6.10 Å². The minimum Gasteiger partial charge on any atom is -0.479 e. The zero-order chi connectivity index (χ0) is 23.8. The highest BCUT2D eigenvalue weighted by Crippen LogP contribution is 2.36. The van der Waals surface area contributed by atoms with Crippen LogP contribution in [0.25, 0.3) is 0 Å². The van der Waals surface area contributed by atoms with Gasteiger partial charge in [0.1, 0.15) is 5.75 Å². The van der Waals surface area contributed by atoms with E-state index in [1.165, 1.54) is 10.4 Å². The molecule has 2 amide bonds. The predicted octanol–water partition coefficient (Wildman–Crippen LogP) is 2.63. The fraction of sp³-hybridized carbons (Fsp3) is 0.348. The Morgan fingerprint density at radius 2 is 1.97 bits per heavy atom. The molecule has 4 rings (SSSR count). The summed E-state index contributed by atoms with van der Waals surface area (Å²) in [7, 11) is -3.80. The molecule has 33 heavy (non-hydrogen) atoms. The number of nitrogens with one attached hydrogen (secondary N) is 2. The van der Waals surface area contributed by atoms with Crippen LogP contribution < -0.4 is 15.4 Å². The lowest BCUT2D eigenvalue weighted by atomic mass is 9.97. The van der Waals surface area contributed by atoms with E-state index in [1.54, 1.807) is 44.2 Å². The van der Waals surface area contributed by atoms with E-state index in [9.17, 15) is 18.0 Å². The van der Waals surface area contributed by atoms with Crippen LogP contribution >= 0.6 is 0 Å². The van der Waals surface area contributed by atoms with E-state index in [2.05, 4.69) is 10.6 Å². The molecule has 2 N–H and O–H groups in total. The molecule has 0 bridgehead atoms. The molecule has 1 atom stereocenters. The number of ether oxygens (including phenoxy) is 1. The highest BCUT2D eigenvalue weighted by Gasteiger charge is 2.34. The first-order valence-electron chi connectivity index (χ1n) is 10.6. The number of aryl methyl sites for hydroxylation is 1. The first-order valence-corrected chi connectivity index (χ1v) is 12.1. The van der Waals surface area contributed by atoms with Gasteiger partial charge < -0.3 is 15.4 Å². The van der Waals surface area contributed by atoms with Crippen LogP contribution in [0.3, 0.4) is 0 Å². The van der Waals surface area contributed by atoms with Crippen LogP contribution in [0.15, 0.2) is 41.3 Å². The molecule has 2 aliphatic rings. The van der Waals surface area contributed by atoms with Crippen LogP contribution in [0.2, 0.25) is 0 Å². The molecule has 2 aromatic carbocycles. The molecule has 2 aromatic rings. The molecule has 1 fully saturated rings. The summed E-state index contributed by atoms with van der Waals surface area (Å²) in [6.07, 6.45) is 0.0616. The zero-order valence-corrected chi connectivity index (χ0v) is 19.1. The summed E-state index contributed by atoms with van der Waals surface area (Å²) < 4.78 is 33.6. The molecule has 0 radical (unpaired) electrons. The summed E-state index contributed by atoms with van der Waals surface area (Å²) >= 11 is 0. The Kier molecular flexibility index (Phi) is 6.10. The monoisotopic (exact) mass is 468 g/mol. The van der Waals surface area contributed by atoms with Crippen molar-refractivity contribution in [3.63, 3.8) is 0 Å². The van der Waals surface area contributed by atoms with Crippen molar-refractivity contribution in [1.29, 1.82) is 5.26 Å². The number of hydrogen-bond donors (Lipinski definition) is 2. The number of nitriles is 1. The third-order valence-corrected chi connectivity index (χ3v) is 7.95. The lowest BCUT2D eigenvalue weighted by Crippen LogP contribution is -2.41. The van der Waals surface area contributed by atoms with Gasteiger partial charge >= 0.3 is 0 Å². The number of anilines is 2. The highest BCUT2D eigenvalue weighted by molar-refractivity contribution is 7.89. The summed E-state index contributed by atoms with van der Waals surface area (Å²) in [6, 6.07) is 11.7. The van der Waals surface area contributed by atoms with Crippen molar-refractivity contribution in [1.82, 2.24) is 4.31 Å². The van der Waals surface area contributed by atoms with Gasteiger partial charge in [0.05, 0.1) is 22.2 Å². The van der Waals surface area contributed by atoms with E-state index in [-0.39, 0.29) is 35.7 Å². The number of piperidine rings is 1. The Hall–Kier alpha value is -3.42. The molecule has 172 valence electrons. The third-order valence-electron chi connectivity index (χ3n) is 5.91. The number of amides is 2. The lowest BCUT2D eigenvalue weighted by molar-refractivity contribution is -0.123. The number of carbonyl (C=O) groups is 2. The van der Waals surface area contributed by atoms with Crippen LogP contribution in [-0.4, -0.2) is 43.7 Å². The second-order valence-corrected chi connectivity index (χ2v) is 10.1. The van der Waals surface area contributed by atoms with Gasteiger partial charge in [0.2, 0.25) is 15.9 Å². The topological polar surface area (TPSA) is 129 Å². The van der Waals surface area contributed by atoms with E-state index in [0.717, 1.165) is 0 Å². The van der Waals surface area contributed by atoms with E-state index >= 15 is 0 Å². The molecule has 1 unspecified atom stereocenters. The average molecular weight is 469 g/mol. The fourth-order valence-corrected chi connectivity index (χ4v) is 5.72. The molecule has 2 heterocycles. The largest absolute Gasteiger partial charge is 0.479 e. The van der Waals surface area contributed by atoms with Crippen LogP contribution in [0, 0.1) is 24.2 Å². The van der Waals surface area contributed by atoms with Gasteiger partial charge in [-0.1, -0.05) is 6.07 Å². The maximum Gasteiger partial charge on any atom is 0.265 e. The van der Waals surface area contributed by atoms with Gasteiger partial charge in [0, 0.05) is 30.8 Å². The number of fused-ring (bicyclic) bond motifs is 1. The van der Waals surface area contributed by atoms with Crippen LogP contribution in [0.5, 0.6) is 5.75 Å². The number of rotatable bonds is 4. The number of carbonyl (C=O) groups excluding carboxylic acids is 2. The molecule has 0 aromatic heterocycles. The summed E-state index contributed by atoms with van der Waals surface area (Å²) in [5.41, 5.74) is 1.95. The Morgan fingerprint density at radius 3 is 2.67 bits per heavy atom. The van der Waals surface area contributed by atoms with Crippen molar-refractivity contribution >= 4 is 33.2 Å². The van der Waals surface area contributed by atoms with Gasteiger partial charge in [0.25, 0.3) is 5.91 Å². The quantitative estimate of drug-likeness (QED) is 0.710. The van der Waals surface area contributed by atoms with E-state index < -0.39 is 16.1 Å². The maximum atomic E-state index is 13.3. The van der Waals surface area contributed by atoms with Crippen molar-refractivity contribution in [2.24, 2.45) is 5.92 Å². The summed E-state index contributed by atoms with van der Waals surface area (Å²) in [6.45, 7) is 3.69. The zero-order valence-electron chi connectivity index (χ0n) is 18.3. The Bertz CT molecular complexity index is 1260. The minimum absolute atomic E-state index is 0.126. The first-order chi connectivity index (χ1) is 15.7. The van der Waals surface area contributed by atoms with Crippen LogP contribution in [-0.2, 0) is 19.6 Å². The Balaban J connectivity index is 1.45. The number of benzene rings is 2. The van der Waals surface area contributed by atoms with Gasteiger partial charge in [-0.15, -0.1) is 0 Å². The standard InChI is InChI=1S/C23H24N4O5S/c1-14-10-19-20(32-15(2)22(28)26-19)12-21(14)33(30,31)27-8-6-17(7-9-27)23(29)25-18-5-3-4-16(11-18)13-24/h3-5,10-12,15,17H,6-9H2,1-2H3,(H,25,29)(H,26,28). The van der Waals surface area contributed by atoms with E-state index in [4.69, 9.17) is 10.00 Å². The predicted molar refractivity (Wildman–Crippen MR) is 121 cm³/mol.